The lowest BCUT2D eigenvalue weighted by atomic mass is 9.97. The van der Waals surface area contributed by atoms with Crippen molar-refractivity contribution in [2.24, 2.45) is 5.73 Å². The minimum absolute atomic E-state index is 0.0246. The maximum Gasteiger partial charge on any atom is 0.320 e. The zero-order valence-corrected chi connectivity index (χ0v) is 18.8. The first-order chi connectivity index (χ1) is 14.8. The van der Waals surface area contributed by atoms with Crippen molar-refractivity contribution >= 4 is 13.3 Å². The summed E-state index contributed by atoms with van der Waals surface area (Å²) in [5, 5.41) is 8.35. The van der Waals surface area contributed by atoms with Gasteiger partial charge in [-0.05, 0) is 48.2 Å². The van der Waals surface area contributed by atoms with Crippen molar-refractivity contribution < 1.29 is 24.1 Å². The first kappa shape index (κ1) is 23.5. The molecule has 0 bridgehead atoms. The zero-order chi connectivity index (χ0) is 22.5. The topological polar surface area (TPSA) is 113 Å². The summed E-state index contributed by atoms with van der Waals surface area (Å²) >= 11 is 0. The Labute approximate surface area is 183 Å². The average molecular weight is 446 g/mol. The second-order valence-electron chi connectivity index (χ2n) is 8.11. The van der Waals surface area contributed by atoms with E-state index < -0.39 is 18.5 Å². The van der Waals surface area contributed by atoms with E-state index in [1.54, 1.807) is 7.11 Å². The average Bonchev–Trinajstić information content (AvgIpc) is 2.76. The van der Waals surface area contributed by atoms with E-state index in [2.05, 4.69) is 0 Å². The fourth-order valence-corrected chi connectivity index (χ4v) is 6.51. The van der Waals surface area contributed by atoms with Crippen LogP contribution >= 0.6 is 7.37 Å². The van der Waals surface area contributed by atoms with Crippen molar-refractivity contribution in [1.82, 2.24) is 4.90 Å². The monoisotopic (exact) mass is 446 g/mol. The third-order valence-corrected chi connectivity index (χ3v) is 8.81. The van der Waals surface area contributed by atoms with Gasteiger partial charge in [0.05, 0.1) is 7.11 Å². The normalized spacial score (nSPS) is 24.1. The van der Waals surface area contributed by atoms with Gasteiger partial charge in [-0.15, -0.1) is 0 Å². The van der Waals surface area contributed by atoms with Crippen LogP contribution in [-0.4, -0.2) is 58.9 Å². The number of nitrogens with zero attached hydrogens (tertiary/aromatic N) is 1. The van der Waals surface area contributed by atoms with Crippen molar-refractivity contribution in [1.29, 1.82) is 0 Å². The van der Waals surface area contributed by atoms with E-state index >= 15 is 0 Å². The van der Waals surface area contributed by atoms with Crippen molar-refractivity contribution in [3.8, 4) is 16.9 Å². The van der Waals surface area contributed by atoms with Gasteiger partial charge in [0.2, 0.25) is 7.37 Å². The summed E-state index contributed by atoms with van der Waals surface area (Å²) < 4.78 is 18.3. The maximum absolute atomic E-state index is 13.0. The molecular formula is C23H31N2O5P. The molecular weight excluding hydrogens is 415 g/mol. The third kappa shape index (κ3) is 5.01. The smallest absolute Gasteiger partial charge is 0.320 e. The molecule has 1 heterocycles. The lowest BCUT2D eigenvalue weighted by Gasteiger charge is -2.43. The third-order valence-electron chi connectivity index (χ3n) is 6.11. The van der Waals surface area contributed by atoms with Crippen molar-refractivity contribution in [2.45, 2.75) is 31.0 Å². The fraction of sp³-hybridized carbons (Fsp3) is 0.435. The Hall–Kier alpha value is -2.18. The number of carbonyl (C=O) groups is 1. The van der Waals surface area contributed by atoms with Crippen molar-refractivity contribution in [3.63, 3.8) is 0 Å². The second-order valence-corrected chi connectivity index (χ2v) is 10.8. The number of methoxy groups -OCH3 is 1. The number of hydrogen-bond acceptors (Lipinski definition) is 5. The van der Waals surface area contributed by atoms with Crippen LogP contribution in [0, 0.1) is 0 Å². The summed E-state index contributed by atoms with van der Waals surface area (Å²) in [6.45, 7) is 1.36. The van der Waals surface area contributed by atoms with Crippen LogP contribution in [0.5, 0.6) is 5.75 Å². The molecule has 0 aromatic heterocycles. The van der Waals surface area contributed by atoms with Crippen LogP contribution in [0.2, 0.25) is 0 Å². The molecule has 0 radical (unpaired) electrons. The molecule has 8 heteroatoms. The molecule has 0 saturated carbocycles. The Morgan fingerprint density at radius 1 is 1.23 bits per heavy atom. The van der Waals surface area contributed by atoms with Crippen LogP contribution in [-0.2, 0) is 15.9 Å². The van der Waals surface area contributed by atoms with E-state index in [1.807, 2.05) is 53.4 Å². The number of carboxylic acid groups (broad SMARTS) is 1. The van der Waals surface area contributed by atoms with E-state index in [9.17, 15) is 19.4 Å². The van der Waals surface area contributed by atoms with E-state index in [0.717, 1.165) is 22.4 Å². The maximum atomic E-state index is 13.0. The van der Waals surface area contributed by atoms with Crippen LogP contribution in [0.1, 0.15) is 24.8 Å². The summed E-state index contributed by atoms with van der Waals surface area (Å²) in [6.07, 6.45) is 1.28. The number of carboxylic acids is 1. The highest BCUT2D eigenvalue weighted by molar-refractivity contribution is 7.61. The number of aliphatic carboxylic acids is 1. The van der Waals surface area contributed by atoms with Crippen LogP contribution in [0.4, 0.5) is 0 Å². The van der Waals surface area contributed by atoms with Crippen molar-refractivity contribution in [3.05, 3.63) is 54.1 Å². The van der Waals surface area contributed by atoms with E-state index in [1.165, 1.54) is 0 Å². The largest absolute Gasteiger partial charge is 0.497 e. The standard InChI is InChI=1S/C23H31N2O5P/c1-30-20-9-6-8-18(15-20)21-10-3-2-7-19(21)16-25-13-14-31(28,29)23(17-25,22(26)27)11-4-5-12-24/h2-3,6-10,15H,4-5,11-14,16-17,24H2,1H3,(H,26,27)(H,28,29). The quantitative estimate of drug-likeness (QED) is 0.400. The summed E-state index contributed by atoms with van der Waals surface area (Å²) in [6, 6.07) is 15.7. The second kappa shape index (κ2) is 9.96. The molecule has 1 fully saturated rings. The fourth-order valence-electron chi connectivity index (χ4n) is 4.30. The molecule has 2 aromatic carbocycles. The molecule has 168 valence electrons. The van der Waals surface area contributed by atoms with Gasteiger partial charge in [-0.25, -0.2) is 0 Å². The molecule has 3 rings (SSSR count). The SMILES string of the molecule is COc1cccc(-c2ccccc2CN2CCP(=O)(O)C(CCCCN)(C(=O)O)C2)c1. The number of ether oxygens (including phenoxy) is 1. The van der Waals surface area contributed by atoms with Gasteiger partial charge in [0.1, 0.15) is 5.75 Å². The Balaban J connectivity index is 1.88. The number of benzene rings is 2. The number of nitrogens with two attached hydrogens (primary N) is 1. The number of unbranched alkanes of at least 4 members (excludes halogenated alkanes) is 1. The van der Waals surface area contributed by atoms with Gasteiger partial charge in [0.25, 0.3) is 0 Å². The van der Waals surface area contributed by atoms with Gasteiger partial charge in [-0.1, -0.05) is 42.8 Å². The molecule has 31 heavy (non-hydrogen) atoms. The molecule has 0 amide bonds. The lowest BCUT2D eigenvalue weighted by molar-refractivity contribution is -0.141. The molecule has 0 aliphatic carbocycles. The van der Waals surface area contributed by atoms with Crippen LogP contribution < -0.4 is 10.5 Å². The van der Waals surface area contributed by atoms with Crippen LogP contribution in [0.15, 0.2) is 48.5 Å². The molecule has 2 unspecified atom stereocenters. The first-order valence-electron chi connectivity index (χ1n) is 10.5. The first-order valence-corrected chi connectivity index (χ1v) is 12.4. The minimum atomic E-state index is -3.85. The molecule has 1 aliphatic heterocycles. The summed E-state index contributed by atoms with van der Waals surface area (Å²) in [5.41, 5.74) is 8.63. The van der Waals surface area contributed by atoms with Gasteiger partial charge in [0.15, 0.2) is 5.16 Å². The van der Waals surface area contributed by atoms with Gasteiger partial charge < -0.3 is 20.5 Å². The number of rotatable bonds is 9. The van der Waals surface area contributed by atoms with E-state index in [-0.39, 0.29) is 19.1 Å². The zero-order valence-electron chi connectivity index (χ0n) is 17.9. The summed E-state index contributed by atoms with van der Waals surface area (Å²) in [4.78, 5) is 24.9. The highest BCUT2D eigenvalue weighted by Crippen LogP contribution is 2.59. The summed E-state index contributed by atoms with van der Waals surface area (Å²) in [5.74, 6) is -0.433. The Kier molecular flexibility index (Phi) is 7.55. The van der Waals surface area contributed by atoms with Gasteiger partial charge in [0, 0.05) is 25.8 Å². The van der Waals surface area contributed by atoms with Crippen LogP contribution in [0.3, 0.4) is 0 Å². The van der Waals surface area contributed by atoms with Crippen LogP contribution in [0.25, 0.3) is 11.1 Å². The Morgan fingerprint density at radius 2 is 2.00 bits per heavy atom. The molecule has 1 aliphatic rings. The Bertz CT molecular complexity index is 966. The molecule has 1 saturated heterocycles. The van der Waals surface area contributed by atoms with E-state index in [4.69, 9.17) is 10.5 Å². The highest BCUT2D eigenvalue weighted by Gasteiger charge is 2.56. The predicted octanol–water partition coefficient (Wildman–Crippen LogP) is 3.40. The summed E-state index contributed by atoms with van der Waals surface area (Å²) in [7, 11) is -2.22. The molecule has 7 nitrogen and oxygen atoms in total. The van der Waals surface area contributed by atoms with E-state index in [0.29, 0.717) is 32.5 Å². The number of hydrogen-bond donors (Lipinski definition) is 3. The predicted molar refractivity (Wildman–Crippen MR) is 122 cm³/mol. The Morgan fingerprint density at radius 3 is 2.71 bits per heavy atom. The minimum Gasteiger partial charge on any atom is -0.497 e. The molecule has 0 spiro atoms. The molecule has 2 atom stereocenters. The molecule has 4 N–H and O–H groups in total. The highest BCUT2D eigenvalue weighted by atomic mass is 31.2. The lowest BCUT2D eigenvalue weighted by Crippen LogP contribution is -2.53. The molecule has 2 aromatic rings. The van der Waals surface area contributed by atoms with Gasteiger partial charge in [-0.2, -0.15) is 0 Å². The van der Waals surface area contributed by atoms with Gasteiger partial charge >= 0.3 is 5.97 Å². The van der Waals surface area contributed by atoms with Gasteiger partial charge in [-0.3, -0.25) is 14.3 Å². The van der Waals surface area contributed by atoms with Crippen molar-refractivity contribution in [2.75, 3.05) is 32.9 Å².